The van der Waals surface area contributed by atoms with Gasteiger partial charge in [-0.15, -0.1) is 0 Å². The lowest BCUT2D eigenvalue weighted by molar-refractivity contribution is -0.136. The highest BCUT2D eigenvalue weighted by atomic mass is 16.5. The Labute approximate surface area is 146 Å². The van der Waals surface area contributed by atoms with Crippen molar-refractivity contribution in [2.75, 3.05) is 12.4 Å². The summed E-state index contributed by atoms with van der Waals surface area (Å²) >= 11 is 0. The molecule has 0 aliphatic heterocycles. The first-order valence-electron chi connectivity index (χ1n) is 8.02. The molecular formula is C19H22N2O4. The number of hydrogen-bond acceptors (Lipinski definition) is 4. The second-order valence-electron chi connectivity index (χ2n) is 5.62. The van der Waals surface area contributed by atoms with Crippen molar-refractivity contribution >= 4 is 17.5 Å². The Kier molecular flexibility index (Phi) is 6.00. The third kappa shape index (κ3) is 4.73. The molecule has 6 heteroatoms. The van der Waals surface area contributed by atoms with Crippen LogP contribution in [0.5, 0.6) is 11.5 Å². The molecule has 0 saturated heterocycles. The summed E-state index contributed by atoms with van der Waals surface area (Å²) in [6.07, 6.45) is 0.899. The zero-order chi connectivity index (χ0) is 18.4. The molecule has 1 atom stereocenters. The van der Waals surface area contributed by atoms with E-state index in [1.54, 1.807) is 31.2 Å². The minimum atomic E-state index is -0.783. The van der Waals surface area contributed by atoms with Gasteiger partial charge in [-0.2, -0.15) is 0 Å². The van der Waals surface area contributed by atoms with Crippen molar-refractivity contribution in [3.63, 3.8) is 0 Å². The molecular weight excluding hydrogens is 320 g/mol. The zero-order valence-electron chi connectivity index (χ0n) is 14.5. The Hall–Kier alpha value is -3.02. The third-order valence-electron chi connectivity index (χ3n) is 3.88. The predicted octanol–water partition coefficient (Wildman–Crippen LogP) is 2.78. The van der Waals surface area contributed by atoms with Gasteiger partial charge in [0.05, 0.1) is 13.2 Å². The predicted molar refractivity (Wildman–Crippen MR) is 95.7 cm³/mol. The Balaban J connectivity index is 2.01. The Morgan fingerprint density at radius 2 is 1.80 bits per heavy atom. The molecule has 2 rings (SSSR count). The molecule has 0 radical (unpaired) electrons. The fourth-order valence-corrected chi connectivity index (χ4v) is 2.36. The van der Waals surface area contributed by atoms with E-state index in [0.29, 0.717) is 17.0 Å². The molecule has 0 aromatic heterocycles. The van der Waals surface area contributed by atoms with Gasteiger partial charge in [0.1, 0.15) is 11.5 Å². The maximum Gasteiger partial charge on any atom is 0.313 e. The number of hydrogen-bond donors (Lipinski definition) is 3. The van der Waals surface area contributed by atoms with Gasteiger partial charge in [0.2, 0.25) is 0 Å². The van der Waals surface area contributed by atoms with Gasteiger partial charge in [0.25, 0.3) is 0 Å². The van der Waals surface area contributed by atoms with E-state index in [0.717, 1.165) is 12.0 Å². The highest BCUT2D eigenvalue weighted by Crippen LogP contribution is 2.28. The number of carbonyl (C=O) groups excluding carboxylic acids is 2. The van der Waals surface area contributed by atoms with Crippen molar-refractivity contribution in [1.82, 2.24) is 5.32 Å². The summed E-state index contributed by atoms with van der Waals surface area (Å²) in [5, 5.41) is 15.0. The van der Waals surface area contributed by atoms with Gasteiger partial charge in [0, 0.05) is 11.3 Å². The number of benzene rings is 2. The van der Waals surface area contributed by atoms with E-state index in [-0.39, 0.29) is 5.75 Å². The monoisotopic (exact) mass is 342 g/mol. The van der Waals surface area contributed by atoms with E-state index in [2.05, 4.69) is 10.6 Å². The summed E-state index contributed by atoms with van der Waals surface area (Å²) in [4.78, 5) is 24.1. The molecule has 2 aromatic rings. The molecule has 25 heavy (non-hydrogen) atoms. The van der Waals surface area contributed by atoms with Crippen molar-refractivity contribution < 1.29 is 19.4 Å². The smallest absolute Gasteiger partial charge is 0.313 e. The van der Waals surface area contributed by atoms with Crippen LogP contribution in [0.2, 0.25) is 0 Å². The number of ether oxygens (including phenoxy) is 1. The van der Waals surface area contributed by atoms with Crippen molar-refractivity contribution in [2.24, 2.45) is 0 Å². The molecule has 0 saturated carbocycles. The first-order valence-corrected chi connectivity index (χ1v) is 8.02. The number of rotatable bonds is 5. The fraction of sp³-hybridized carbons (Fsp3) is 0.263. The van der Waals surface area contributed by atoms with Gasteiger partial charge < -0.3 is 20.5 Å². The van der Waals surface area contributed by atoms with Gasteiger partial charge in [-0.3, -0.25) is 9.59 Å². The average Bonchev–Trinajstić information content (AvgIpc) is 2.62. The third-order valence-corrected chi connectivity index (χ3v) is 3.88. The van der Waals surface area contributed by atoms with E-state index >= 15 is 0 Å². The van der Waals surface area contributed by atoms with Crippen LogP contribution in [-0.2, 0) is 16.0 Å². The lowest BCUT2D eigenvalue weighted by Gasteiger charge is -2.16. The molecule has 0 heterocycles. The van der Waals surface area contributed by atoms with Crippen LogP contribution in [0.4, 0.5) is 5.69 Å². The van der Waals surface area contributed by atoms with Crippen LogP contribution in [0.3, 0.4) is 0 Å². The number of phenolic OH excluding ortho intramolecular Hbond substituents is 1. The van der Waals surface area contributed by atoms with Crippen LogP contribution in [0, 0.1) is 0 Å². The molecule has 0 bridgehead atoms. The van der Waals surface area contributed by atoms with Crippen molar-refractivity contribution in [3.05, 3.63) is 53.6 Å². The van der Waals surface area contributed by atoms with E-state index in [9.17, 15) is 14.7 Å². The molecule has 0 aliphatic rings. The van der Waals surface area contributed by atoms with Crippen LogP contribution in [0.1, 0.15) is 31.0 Å². The van der Waals surface area contributed by atoms with E-state index < -0.39 is 17.9 Å². The van der Waals surface area contributed by atoms with Crippen LogP contribution in [-0.4, -0.2) is 24.0 Å². The summed E-state index contributed by atoms with van der Waals surface area (Å²) < 4.78 is 5.11. The fourth-order valence-electron chi connectivity index (χ4n) is 2.36. The van der Waals surface area contributed by atoms with Gasteiger partial charge in [-0.1, -0.05) is 19.1 Å². The molecule has 2 aromatic carbocycles. The Bertz CT molecular complexity index is 757. The lowest BCUT2D eigenvalue weighted by atomic mass is 10.1. The Morgan fingerprint density at radius 3 is 2.40 bits per heavy atom. The minimum Gasteiger partial charge on any atom is -0.508 e. The minimum absolute atomic E-state index is 0.0177. The highest BCUT2D eigenvalue weighted by molar-refractivity contribution is 6.39. The second-order valence-corrected chi connectivity index (χ2v) is 5.62. The first kappa shape index (κ1) is 18.3. The van der Waals surface area contributed by atoms with Crippen LogP contribution in [0.25, 0.3) is 0 Å². The standard InChI is InChI=1S/C19H22N2O4/c1-4-13-5-7-14(8-6-13)21-19(24)18(23)20-12(2)16-11-15(25-3)9-10-17(16)22/h5-12,22H,4H2,1-3H3,(H,20,23)(H,21,24). The number of methoxy groups -OCH3 is 1. The van der Waals surface area contributed by atoms with E-state index in [4.69, 9.17) is 4.74 Å². The SMILES string of the molecule is CCc1ccc(NC(=O)C(=O)NC(C)c2cc(OC)ccc2O)cc1. The largest absolute Gasteiger partial charge is 0.508 e. The maximum absolute atomic E-state index is 12.1. The summed E-state index contributed by atoms with van der Waals surface area (Å²) in [6.45, 7) is 3.71. The summed E-state index contributed by atoms with van der Waals surface area (Å²) in [5.74, 6) is -0.980. The van der Waals surface area contributed by atoms with Gasteiger partial charge >= 0.3 is 11.8 Å². The number of amides is 2. The molecule has 1 unspecified atom stereocenters. The summed E-state index contributed by atoms with van der Waals surface area (Å²) in [7, 11) is 1.51. The Morgan fingerprint density at radius 1 is 1.12 bits per heavy atom. The first-order chi connectivity index (χ1) is 11.9. The molecule has 0 fully saturated rings. The van der Waals surface area contributed by atoms with Gasteiger partial charge in [0.15, 0.2) is 0 Å². The number of anilines is 1. The van der Waals surface area contributed by atoms with Crippen molar-refractivity contribution in [2.45, 2.75) is 26.3 Å². The molecule has 132 valence electrons. The summed E-state index contributed by atoms with van der Waals surface area (Å²) in [6, 6.07) is 11.4. The van der Waals surface area contributed by atoms with Gasteiger partial charge in [-0.25, -0.2) is 0 Å². The van der Waals surface area contributed by atoms with Crippen molar-refractivity contribution in [3.8, 4) is 11.5 Å². The van der Waals surface area contributed by atoms with Gasteiger partial charge in [-0.05, 0) is 49.2 Å². The lowest BCUT2D eigenvalue weighted by Crippen LogP contribution is -2.36. The topological polar surface area (TPSA) is 87.7 Å². The van der Waals surface area contributed by atoms with Crippen molar-refractivity contribution in [1.29, 1.82) is 0 Å². The number of aryl methyl sites for hydroxylation is 1. The van der Waals surface area contributed by atoms with Crippen LogP contribution in [0.15, 0.2) is 42.5 Å². The van der Waals surface area contributed by atoms with Crippen LogP contribution >= 0.6 is 0 Å². The van der Waals surface area contributed by atoms with Crippen LogP contribution < -0.4 is 15.4 Å². The number of phenols is 1. The average molecular weight is 342 g/mol. The summed E-state index contributed by atoms with van der Waals surface area (Å²) in [5.41, 5.74) is 2.16. The number of nitrogens with one attached hydrogen (secondary N) is 2. The number of carbonyl (C=O) groups is 2. The van der Waals surface area contributed by atoms with E-state index in [1.807, 2.05) is 19.1 Å². The highest BCUT2D eigenvalue weighted by Gasteiger charge is 2.19. The zero-order valence-corrected chi connectivity index (χ0v) is 14.5. The van der Waals surface area contributed by atoms with E-state index in [1.165, 1.54) is 13.2 Å². The molecule has 3 N–H and O–H groups in total. The normalized spacial score (nSPS) is 11.5. The molecule has 0 spiro atoms. The number of aromatic hydroxyl groups is 1. The molecule has 2 amide bonds. The quantitative estimate of drug-likeness (QED) is 0.729. The molecule has 6 nitrogen and oxygen atoms in total. The second kappa shape index (κ2) is 8.19. The maximum atomic E-state index is 12.1. The molecule has 0 aliphatic carbocycles.